The molecule has 1 aromatic carbocycles. The molecular formula is C14H15N5O. The molecule has 0 aliphatic heterocycles. The van der Waals surface area contributed by atoms with Crippen LogP contribution in [0.3, 0.4) is 0 Å². The molecule has 102 valence electrons. The predicted octanol–water partition coefficient (Wildman–Crippen LogP) is 2.69. The van der Waals surface area contributed by atoms with Crippen molar-refractivity contribution in [2.75, 3.05) is 5.32 Å². The Morgan fingerprint density at radius 3 is 2.75 bits per heavy atom. The second-order valence-corrected chi connectivity index (χ2v) is 4.52. The number of nitrogens with one attached hydrogen (secondary N) is 2. The van der Waals surface area contributed by atoms with Crippen LogP contribution in [-0.4, -0.2) is 20.2 Å². The number of hydrogen-bond donors (Lipinski definition) is 2. The van der Waals surface area contributed by atoms with Crippen molar-refractivity contribution in [1.82, 2.24) is 20.2 Å². The van der Waals surface area contributed by atoms with Crippen LogP contribution >= 0.6 is 0 Å². The highest BCUT2D eigenvalue weighted by Gasteiger charge is 2.10. The molecule has 6 nitrogen and oxygen atoms in total. The van der Waals surface area contributed by atoms with Crippen LogP contribution in [0.15, 0.2) is 34.9 Å². The number of aromatic amines is 1. The van der Waals surface area contributed by atoms with Crippen molar-refractivity contribution in [2.45, 2.75) is 20.4 Å². The standard InChI is InChI=1S/C14H15N5O/c1-9-15-7-11(17-9)8-16-13-6-4-3-5-12(13)14-19-18-10(2)20-14/h3-7,16H,8H2,1-2H3,(H,15,17). The lowest BCUT2D eigenvalue weighted by molar-refractivity contribution is 0.533. The highest BCUT2D eigenvalue weighted by molar-refractivity contribution is 5.72. The van der Waals surface area contributed by atoms with E-state index in [1.807, 2.05) is 37.4 Å². The van der Waals surface area contributed by atoms with Gasteiger partial charge in [0.1, 0.15) is 5.82 Å². The molecule has 3 rings (SSSR count). The summed E-state index contributed by atoms with van der Waals surface area (Å²) in [7, 11) is 0. The zero-order valence-corrected chi connectivity index (χ0v) is 11.3. The molecule has 0 atom stereocenters. The van der Waals surface area contributed by atoms with Crippen molar-refractivity contribution in [3.05, 3.63) is 47.9 Å². The van der Waals surface area contributed by atoms with Gasteiger partial charge in [0, 0.05) is 12.6 Å². The first-order chi connectivity index (χ1) is 9.72. The molecule has 0 bridgehead atoms. The highest BCUT2D eigenvalue weighted by atomic mass is 16.4. The molecule has 2 heterocycles. The van der Waals surface area contributed by atoms with E-state index >= 15 is 0 Å². The van der Waals surface area contributed by atoms with Crippen LogP contribution in [0.5, 0.6) is 0 Å². The van der Waals surface area contributed by atoms with Crippen LogP contribution in [-0.2, 0) is 6.54 Å². The monoisotopic (exact) mass is 269 g/mol. The molecule has 20 heavy (non-hydrogen) atoms. The molecule has 0 spiro atoms. The Morgan fingerprint density at radius 2 is 2.05 bits per heavy atom. The van der Waals surface area contributed by atoms with Gasteiger partial charge in [0.05, 0.1) is 24.0 Å². The van der Waals surface area contributed by atoms with E-state index < -0.39 is 0 Å². The summed E-state index contributed by atoms with van der Waals surface area (Å²) in [6.07, 6.45) is 1.82. The van der Waals surface area contributed by atoms with Crippen molar-refractivity contribution < 1.29 is 4.42 Å². The second kappa shape index (κ2) is 5.16. The first kappa shape index (κ1) is 12.4. The van der Waals surface area contributed by atoms with Crippen LogP contribution in [0.2, 0.25) is 0 Å². The normalized spacial score (nSPS) is 10.7. The number of anilines is 1. The van der Waals surface area contributed by atoms with Crippen molar-refractivity contribution in [2.24, 2.45) is 0 Å². The van der Waals surface area contributed by atoms with Gasteiger partial charge in [-0.3, -0.25) is 0 Å². The van der Waals surface area contributed by atoms with Gasteiger partial charge in [-0.2, -0.15) is 0 Å². The molecule has 0 radical (unpaired) electrons. The van der Waals surface area contributed by atoms with Gasteiger partial charge >= 0.3 is 0 Å². The van der Waals surface area contributed by atoms with Gasteiger partial charge in [-0.25, -0.2) is 4.98 Å². The van der Waals surface area contributed by atoms with E-state index in [0.717, 1.165) is 22.8 Å². The molecule has 0 aliphatic carbocycles. The number of aromatic nitrogens is 4. The Bertz CT molecular complexity index is 716. The number of H-pyrrole nitrogens is 1. The number of imidazole rings is 1. The maximum atomic E-state index is 5.48. The number of benzene rings is 1. The third kappa shape index (κ3) is 2.54. The Morgan fingerprint density at radius 1 is 1.20 bits per heavy atom. The summed E-state index contributed by atoms with van der Waals surface area (Å²) in [5.41, 5.74) is 2.87. The van der Waals surface area contributed by atoms with E-state index in [0.29, 0.717) is 18.3 Å². The quantitative estimate of drug-likeness (QED) is 0.761. The van der Waals surface area contributed by atoms with E-state index in [1.165, 1.54) is 0 Å². The van der Waals surface area contributed by atoms with E-state index in [1.54, 1.807) is 6.92 Å². The summed E-state index contributed by atoms with van der Waals surface area (Å²) < 4.78 is 5.48. The number of hydrogen-bond acceptors (Lipinski definition) is 5. The minimum atomic E-state index is 0.520. The average Bonchev–Trinajstić information content (AvgIpc) is 3.06. The van der Waals surface area contributed by atoms with Crippen LogP contribution < -0.4 is 5.32 Å². The fourth-order valence-electron chi connectivity index (χ4n) is 1.98. The van der Waals surface area contributed by atoms with E-state index in [2.05, 4.69) is 25.5 Å². The van der Waals surface area contributed by atoms with E-state index in [4.69, 9.17) is 4.42 Å². The van der Waals surface area contributed by atoms with Gasteiger partial charge in [0.2, 0.25) is 11.8 Å². The SMILES string of the molecule is Cc1ncc(CNc2ccccc2-c2nnc(C)o2)[nH]1. The molecule has 6 heteroatoms. The van der Waals surface area contributed by atoms with Gasteiger partial charge in [0.25, 0.3) is 0 Å². The minimum absolute atomic E-state index is 0.520. The first-order valence-electron chi connectivity index (χ1n) is 6.36. The Hall–Kier alpha value is -2.63. The summed E-state index contributed by atoms with van der Waals surface area (Å²) >= 11 is 0. The molecule has 0 saturated carbocycles. The topological polar surface area (TPSA) is 79.6 Å². The average molecular weight is 269 g/mol. The zero-order chi connectivity index (χ0) is 13.9. The smallest absolute Gasteiger partial charge is 0.249 e. The summed E-state index contributed by atoms with van der Waals surface area (Å²) in [5.74, 6) is 1.98. The van der Waals surface area contributed by atoms with Gasteiger partial charge < -0.3 is 14.7 Å². The minimum Gasteiger partial charge on any atom is -0.421 e. The maximum Gasteiger partial charge on any atom is 0.249 e. The molecule has 0 unspecified atom stereocenters. The van der Waals surface area contributed by atoms with Gasteiger partial charge in [-0.15, -0.1) is 10.2 Å². The molecule has 2 N–H and O–H groups in total. The molecule has 2 aromatic heterocycles. The zero-order valence-electron chi connectivity index (χ0n) is 11.3. The van der Waals surface area contributed by atoms with Gasteiger partial charge in [-0.05, 0) is 19.1 Å². The van der Waals surface area contributed by atoms with Crippen LogP contribution in [0.1, 0.15) is 17.4 Å². The molecule has 0 saturated heterocycles. The number of rotatable bonds is 4. The fraction of sp³-hybridized carbons (Fsp3) is 0.214. The maximum absolute atomic E-state index is 5.48. The summed E-state index contributed by atoms with van der Waals surface area (Å²) in [6, 6.07) is 7.85. The van der Waals surface area contributed by atoms with Crippen LogP contribution in [0, 0.1) is 13.8 Å². The lowest BCUT2D eigenvalue weighted by atomic mass is 10.1. The summed E-state index contributed by atoms with van der Waals surface area (Å²) in [5, 5.41) is 11.3. The number of nitrogens with zero attached hydrogens (tertiary/aromatic N) is 3. The van der Waals surface area contributed by atoms with E-state index in [9.17, 15) is 0 Å². The molecule has 0 fully saturated rings. The van der Waals surface area contributed by atoms with Crippen molar-refractivity contribution in [3.8, 4) is 11.5 Å². The number of aryl methyl sites for hydroxylation is 2. The largest absolute Gasteiger partial charge is 0.421 e. The molecule has 0 amide bonds. The fourth-order valence-corrected chi connectivity index (χ4v) is 1.98. The Balaban J connectivity index is 1.83. The molecule has 0 aliphatic rings. The first-order valence-corrected chi connectivity index (χ1v) is 6.36. The van der Waals surface area contributed by atoms with Gasteiger partial charge in [-0.1, -0.05) is 12.1 Å². The lowest BCUT2D eigenvalue weighted by Gasteiger charge is -2.08. The second-order valence-electron chi connectivity index (χ2n) is 4.52. The molecular weight excluding hydrogens is 254 g/mol. The summed E-state index contributed by atoms with van der Waals surface area (Å²) in [4.78, 5) is 7.36. The number of para-hydroxylation sites is 1. The Labute approximate surface area is 116 Å². The molecule has 3 aromatic rings. The van der Waals surface area contributed by atoms with Crippen molar-refractivity contribution in [3.63, 3.8) is 0 Å². The predicted molar refractivity (Wildman–Crippen MR) is 75.1 cm³/mol. The Kier molecular flexibility index (Phi) is 3.20. The van der Waals surface area contributed by atoms with Crippen molar-refractivity contribution >= 4 is 5.69 Å². The van der Waals surface area contributed by atoms with Crippen molar-refractivity contribution in [1.29, 1.82) is 0 Å². The lowest BCUT2D eigenvalue weighted by Crippen LogP contribution is -2.01. The van der Waals surface area contributed by atoms with Crippen LogP contribution in [0.4, 0.5) is 5.69 Å². The van der Waals surface area contributed by atoms with Crippen LogP contribution in [0.25, 0.3) is 11.5 Å². The van der Waals surface area contributed by atoms with E-state index in [-0.39, 0.29) is 0 Å². The van der Waals surface area contributed by atoms with Gasteiger partial charge in [0.15, 0.2) is 0 Å². The highest BCUT2D eigenvalue weighted by Crippen LogP contribution is 2.26. The summed E-state index contributed by atoms with van der Waals surface area (Å²) in [6.45, 7) is 4.36. The third-order valence-corrected chi connectivity index (χ3v) is 2.91. The third-order valence-electron chi connectivity index (χ3n) is 2.91.